The fourth-order valence-electron chi connectivity index (χ4n) is 4.10. The van der Waals surface area contributed by atoms with Crippen LogP contribution in [0.5, 0.6) is 0 Å². The number of fused-ring (bicyclic) bond motifs is 2. The van der Waals surface area contributed by atoms with Gasteiger partial charge in [-0.2, -0.15) is 0 Å². The second kappa shape index (κ2) is 6.98. The third kappa shape index (κ3) is 3.09. The summed E-state index contributed by atoms with van der Waals surface area (Å²) in [7, 11) is -1.64. The average molecular weight is 436 g/mol. The number of aromatic nitrogens is 2. The molecule has 4 aliphatic rings. The highest BCUT2D eigenvalue weighted by molar-refractivity contribution is 7.89. The largest absolute Gasteiger partial charge is 0.350 e. The molecule has 9 heteroatoms. The summed E-state index contributed by atoms with van der Waals surface area (Å²) in [4.78, 5) is 24.4. The Bertz CT molecular complexity index is 1480. The lowest BCUT2D eigenvalue weighted by Gasteiger charge is -2.26. The van der Waals surface area contributed by atoms with E-state index >= 15 is 0 Å². The molecule has 0 amide bonds. The van der Waals surface area contributed by atoms with Crippen LogP contribution >= 0.6 is 0 Å². The molecule has 0 unspecified atom stereocenters. The van der Waals surface area contributed by atoms with Crippen molar-refractivity contribution in [2.75, 3.05) is 29.1 Å². The first-order chi connectivity index (χ1) is 14.9. The number of nitrogens with one attached hydrogen (secondary N) is 2. The highest BCUT2D eigenvalue weighted by Crippen LogP contribution is 2.36. The molecule has 8 nitrogen and oxygen atoms in total. The lowest BCUT2D eigenvalue weighted by Crippen LogP contribution is -2.32. The predicted octanol–water partition coefficient (Wildman–Crippen LogP) is 0.818. The van der Waals surface area contributed by atoms with Crippen molar-refractivity contribution in [2.45, 2.75) is 6.92 Å². The maximum absolute atomic E-state index is 13.1. The minimum absolute atomic E-state index is 0.0430. The van der Waals surface area contributed by atoms with Crippen LogP contribution in [0.2, 0.25) is 0 Å². The Morgan fingerprint density at radius 1 is 1.19 bits per heavy atom. The summed E-state index contributed by atoms with van der Waals surface area (Å²) < 4.78 is 27.2. The number of sulfonamides is 1. The number of rotatable bonds is 4. The van der Waals surface area contributed by atoms with Crippen LogP contribution in [-0.4, -0.2) is 37.7 Å². The van der Waals surface area contributed by atoms with Crippen molar-refractivity contribution in [1.82, 2.24) is 14.7 Å². The van der Waals surface area contributed by atoms with Crippen molar-refractivity contribution >= 4 is 39.0 Å². The number of hydrogen-bond donors (Lipinski definition) is 2. The van der Waals surface area contributed by atoms with Crippen molar-refractivity contribution in [2.24, 2.45) is 0 Å². The Balaban J connectivity index is 1.86. The lowest BCUT2D eigenvalue weighted by molar-refractivity contribution is 0.593. The Kier molecular flexibility index (Phi) is 4.37. The Morgan fingerprint density at radius 2 is 2.03 bits per heavy atom. The Hall–Kier alpha value is -3.59. The molecule has 158 valence electrons. The van der Waals surface area contributed by atoms with Gasteiger partial charge < -0.3 is 14.8 Å². The van der Waals surface area contributed by atoms with Crippen LogP contribution in [0.4, 0.5) is 17.2 Å². The van der Waals surface area contributed by atoms with E-state index in [4.69, 9.17) is 0 Å². The molecule has 1 aromatic heterocycles. The summed E-state index contributed by atoms with van der Waals surface area (Å²) >= 11 is 0. The van der Waals surface area contributed by atoms with Crippen molar-refractivity contribution in [3.63, 3.8) is 0 Å². The van der Waals surface area contributed by atoms with Crippen LogP contribution in [0.1, 0.15) is 6.92 Å². The topological polar surface area (TPSA) is 98.4 Å². The number of nitrogens with zero attached hydrogens (tertiary/aromatic N) is 3. The number of hydrogen-bond acceptors (Lipinski definition) is 6. The van der Waals surface area contributed by atoms with Gasteiger partial charge in [-0.3, -0.25) is 9.52 Å². The van der Waals surface area contributed by atoms with Gasteiger partial charge >= 0.3 is 0 Å². The maximum atomic E-state index is 13.1. The minimum atomic E-state index is -3.49. The van der Waals surface area contributed by atoms with Gasteiger partial charge in [0.05, 0.1) is 28.4 Å². The summed E-state index contributed by atoms with van der Waals surface area (Å²) in [5.41, 5.74) is 3.03. The van der Waals surface area contributed by atoms with Crippen molar-refractivity contribution in [3.05, 3.63) is 69.7 Å². The molecule has 0 fully saturated rings. The summed E-state index contributed by atoms with van der Waals surface area (Å²) in [6.45, 7) is 2.14. The zero-order valence-corrected chi connectivity index (χ0v) is 17.9. The molecular formula is C22H21N5O3S. The summed E-state index contributed by atoms with van der Waals surface area (Å²) in [5, 5.41) is 1.41. The predicted molar refractivity (Wildman–Crippen MR) is 122 cm³/mol. The SMILES string of the molecule is CCS(=O)(=O)NC1=c2ccc3c4c([nH]c(=O)c-4c2N(C)C=C1)=CCN3c1ccccn1. The molecule has 0 atom stereocenters. The highest BCUT2D eigenvalue weighted by atomic mass is 32.2. The van der Waals surface area contributed by atoms with E-state index in [-0.39, 0.29) is 11.3 Å². The van der Waals surface area contributed by atoms with E-state index in [2.05, 4.69) is 14.7 Å². The van der Waals surface area contributed by atoms with E-state index in [0.29, 0.717) is 28.7 Å². The van der Waals surface area contributed by atoms with Gasteiger partial charge in [0.25, 0.3) is 5.56 Å². The van der Waals surface area contributed by atoms with Crippen LogP contribution < -0.4 is 30.6 Å². The van der Waals surface area contributed by atoms with Gasteiger partial charge in [-0.25, -0.2) is 13.4 Å². The maximum Gasteiger partial charge on any atom is 0.258 e. The summed E-state index contributed by atoms with van der Waals surface area (Å²) in [5.74, 6) is 0.726. The van der Waals surface area contributed by atoms with Crippen LogP contribution in [0.15, 0.2) is 53.6 Å². The van der Waals surface area contributed by atoms with Crippen molar-refractivity contribution < 1.29 is 8.42 Å². The van der Waals surface area contributed by atoms with Crippen LogP contribution in [0, 0.1) is 0 Å². The molecule has 0 aromatic carbocycles. The molecule has 0 spiro atoms. The van der Waals surface area contributed by atoms with Crippen LogP contribution in [0.3, 0.4) is 0 Å². The second-order valence-electron chi connectivity index (χ2n) is 7.45. The number of anilines is 3. The van der Waals surface area contributed by atoms with Gasteiger partial charge in [-0.05, 0) is 43.3 Å². The lowest BCUT2D eigenvalue weighted by atomic mass is 10.0. The van der Waals surface area contributed by atoms with E-state index in [1.54, 1.807) is 25.4 Å². The average Bonchev–Trinajstić information content (AvgIpc) is 2.97. The highest BCUT2D eigenvalue weighted by Gasteiger charge is 2.28. The van der Waals surface area contributed by atoms with Crippen molar-refractivity contribution in [3.8, 4) is 11.1 Å². The zero-order chi connectivity index (χ0) is 21.8. The molecule has 3 aliphatic heterocycles. The van der Waals surface area contributed by atoms with Crippen LogP contribution in [-0.2, 0) is 10.0 Å². The molecular weight excluding hydrogens is 414 g/mol. The number of H-pyrrole nitrogens is 1. The molecule has 1 aliphatic carbocycles. The molecule has 0 bridgehead atoms. The molecule has 2 N–H and O–H groups in total. The fraction of sp³-hybridized carbons (Fsp3) is 0.182. The Labute approximate surface area is 179 Å². The third-order valence-electron chi connectivity index (χ3n) is 5.60. The summed E-state index contributed by atoms with van der Waals surface area (Å²) in [6.07, 6.45) is 7.17. The van der Waals surface area contributed by atoms with Gasteiger partial charge in [0, 0.05) is 42.1 Å². The smallest absolute Gasteiger partial charge is 0.258 e. The van der Waals surface area contributed by atoms with E-state index < -0.39 is 10.0 Å². The number of aromatic amines is 1. The van der Waals surface area contributed by atoms with Crippen molar-refractivity contribution in [1.29, 1.82) is 0 Å². The first kappa shape index (κ1) is 19.4. The van der Waals surface area contributed by atoms with E-state index in [9.17, 15) is 13.2 Å². The van der Waals surface area contributed by atoms with E-state index in [0.717, 1.165) is 22.4 Å². The molecule has 0 saturated heterocycles. The van der Waals surface area contributed by atoms with Gasteiger partial charge in [-0.15, -0.1) is 0 Å². The second-order valence-corrected chi connectivity index (χ2v) is 9.46. The number of pyridine rings is 1. The molecule has 4 heterocycles. The first-order valence-electron chi connectivity index (χ1n) is 9.93. The van der Waals surface area contributed by atoms with Gasteiger partial charge in [0.2, 0.25) is 10.0 Å². The van der Waals surface area contributed by atoms with Gasteiger partial charge in [0.15, 0.2) is 0 Å². The van der Waals surface area contributed by atoms with E-state index in [1.807, 2.05) is 53.3 Å². The molecule has 0 radical (unpaired) electrons. The quantitative estimate of drug-likeness (QED) is 0.630. The minimum Gasteiger partial charge on any atom is -0.350 e. The molecule has 5 rings (SSSR count). The third-order valence-corrected chi connectivity index (χ3v) is 6.89. The first-order valence-corrected chi connectivity index (χ1v) is 11.6. The van der Waals surface area contributed by atoms with E-state index in [1.165, 1.54) is 0 Å². The van der Waals surface area contributed by atoms with Crippen LogP contribution in [0.25, 0.3) is 22.9 Å². The normalized spacial score (nSPS) is 15.1. The fourth-order valence-corrected chi connectivity index (χ4v) is 4.76. The van der Waals surface area contributed by atoms with Gasteiger partial charge in [0.1, 0.15) is 5.82 Å². The standard InChI is InChI=1S/C22H21N5O3S/c1-3-31(29,30)25-15-9-12-26(2)21-14(15)7-8-17-19-16(24-22(28)20(19)21)10-13-27(17)18-6-4-5-11-23-18/h4-12,25H,3,13H2,1-2H3,(H,24,28). The Morgan fingerprint density at radius 3 is 2.77 bits per heavy atom. The zero-order valence-electron chi connectivity index (χ0n) is 17.1. The summed E-state index contributed by atoms with van der Waals surface area (Å²) in [6, 6.07) is 9.48. The molecule has 31 heavy (non-hydrogen) atoms. The monoisotopic (exact) mass is 435 g/mol. The molecule has 0 saturated carbocycles. The van der Waals surface area contributed by atoms with Gasteiger partial charge in [-0.1, -0.05) is 6.07 Å². The molecule has 1 aromatic rings.